The molecule has 2 amide bonds. The van der Waals surface area contributed by atoms with Crippen LogP contribution in [0.3, 0.4) is 0 Å². The van der Waals surface area contributed by atoms with E-state index in [1.165, 1.54) is 0 Å². The number of halogens is 1. The van der Waals surface area contributed by atoms with Crippen molar-refractivity contribution in [2.75, 3.05) is 15.5 Å². The molecule has 1 aromatic heterocycles. The van der Waals surface area contributed by atoms with Crippen molar-refractivity contribution in [2.24, 2.45) is 5.41 Å². The van der Waals surface area contributed by atoms with Crippen LogP contribution in [0.2, 0.25) is 5.02 Å². The average Bonchev–Trinajstić information content (AvgIpc) is 3.24. The number of fused-ring (bicyclic) bond motifs is 1. The molecule has 0 saturated heterocycles. The minimum Gasteiger partial charge on any atom is -0.467 e. The zero-order chi connectivity index (χ0) is 24.0. The number of allylic oxidation sites excluding steroid dienone is 1. The van der Waals surface area contributed by atoms with Crippen molar-refractivity contribution >= 4 is 40.5 Å². The zero-order valence-electron chi connectivity index (χ0n) is 19.3. The lowest BCUT2D eigenvalue weighted by Gasteiger charge is -2.36. The maximum Gasteiger partial charge on any atom is 0.327 e. The Balaban J connectivity index is 1.68. The van der Waals surface area contributed by atoms with Crippen LogP contribution in [-0.4, -0.2) is 11.8 Å². The summed E-state index contributed by atoms with van der Waals surface area (Å²) in [6.45, 7) is 6.10. The first-order valence-corrected chi connectivity index (χ1v) is 11.6. The highest BCUT2D eigenvalue weighted by Gasteiger charge is 2.44. The first-order valence-electron chi connectivity index (χ1n) is 11.3. The zero-order valence-corrected chi connectivity index (χ0v) is 20.1. The Hall–Kier alpha value is -3.51. The number of aryl methyl sites for hydroxylation is 1. The van der Waals surface area contributed by atoms with E-state index in [9.17, 15) is 9.59 Å². The fraction of sp³-hybridized carbons (Fsp3) is 0.259. The van der Waals surface area contributed by atoms with Gasteiger partial charge in [-0.25, -0.2) is 4.79 Å². The van der Waals surface area contributed by atoms with Crippen LogP contribution < -0.4 is 15.5 Å². The lowest BCUT2D eigenvalue weighted by atomic mass is 9.74. The van der Waals surface area contributed by atoms with Crippen LogP contribution >= 0.6 is 11.6 Å². The van der Waals surface area contributed by atoms with E-state index < -0.39 is 12.1 Å². The van der Waals surface area contributed by atoms with Crippen molar-refractivity contribution in [3.63, 3.8) is 0 Å². The van der Waals surface area contributed by atoms with Gasteiger partial charge in [-0.1, -0.05) is 43.6 Å². The third-order valence-electron chi connectivity index (χ3n) is 6.30. The molecular formula is C27H26ClN3O3. The summed E-state index contributed by atoms with van der Waals surface area (Å²) < 4.78 is 5.80. The van der Waals surface area contributed by atoms with E-state index in [-0.39, 0.29) is 11.2 Å². The second-order valence-corrected chi connectivity index (χ2v) is 10.1. The molecule has 3 aromatic rings. The molecule has 1 unspecified atom stereocenters. The number of rotatable bonds is 2. The molecule has 0 spiro atoms. The van der Waals surface area contributed by atoms with E-state index in [0.717, 1.165) is 16.9 Å². The number of carbonyl (C=O) groups is 2. The summed E-state index contributed by atoms with van der Waals surface area (Å²) in [4.78, 5) is 29.0. The van der Waals surface area contributed by atoms with E-state index >= 15 is 0 Å². The van der Waals surface area contributed by atoms with Gasteiger partial charge in [0.05, 0.1) is 28.3 Å². The van der Waals surface area contributed by atoms with Crippen molar-refractivity contribution in [1.29, 1.82) is 0 Å². The topological polar surface area (TPSA) is 74.6 Å². The van der Waals surface area contributed by atoms with Crippen LogP contribution in [0.25, 0.3) is 0 Å². The Kier molecular flexibility index (Phi) is 5.48. The molecule has 7 heteroatoms. The summed E-state index contributed by atoms with van der Waals surface area (Å²) in [5.74, 6) is 0.517. The fourth-order valence-corrected chi connectivity index (χ4v) is 5.11. The number of nitrogens with zero attached hydrogens (tertiary/aromatic N) is 1. The summed E-state index contributed by atoms with van der Waals surface area (Å²) >= 11 is 6.42. The third-order valence-corrected chi connectivity index (χ3v) is 6.61. The molecule has 0 radical (unpaired) electrons. The molecule has 0 bridgehead atoms. The molecule has 2 aromatic carbocycles. The Bertz CT molecular complexity index is 1310. The molecule has 2 aliphatic rings. The van der Waals surface area contributed by atoms with Gasteiger partial charge in [0.15, 0.2) is 5.78 Å². The van der Waals surface area contributed by atoms with Crippen molar-refractivity contribution in [1.82, 2.24) is 0 Å². The number of hydrogen-bond acceptors (Lipinski definition) is 4. The van der Waals surface area contributed by atoms with E-state index in [0.29, 0.717) is 40.6 Å². The van der Waals surface area contributed by atoms with E-state index in [2.05, 4.69) is 24.5 Å². The summed E-state index contributed by atoms with van der Waals surface area (Å²) in [5.41, 5.74) is 4.05. The van der Waals surface area contributed by atoms with Crippen molar-refractivity contribution in [3.8, 4) is 0 Å². The lowest BCUT2D eigenvalue weighted by Crippen LogP contribution is -2.41. The summed E-state index contributed by atoms with van der Waals surface area (Å²) in [6.07, 6.45) is 2.63. The minimum atomic E-state index is -0.728. The number of anilines is 3. The highest BCUT2D eigenvalue weighted by atomic mass is 35.5. The molecule has 1 aliphatic heterocycles. The number of benzene rings is 2. The summed E-state index contributed by atoms with van der Waals surface area (Å²) in [7, 11) is 0. The molecule has 5 rings (SSSR count). The number of hydrogen-bond donors (Lipinski definition) is 2. The van der Waals surface area contributed by atoms with Gasteiger partial charge >= 0.3 is 6.03 Å². The van der Waals surface area contributed by atoms with Gasteiger partial charge in [0.2, 0.25) is 0 Å². The number of para-hydroxylation sites is 2. The van der Waals surface area contributed by atoms with Gasteiger partial charge in [0.1, 0.15) is 11.8 Å². The number of urea groups is 1. The predicted molar refractivity (Wildman–Crippen MR) is 134 cm³/mol. The van der Waals surface area contributed by atoms with Crippen molar-refractivity contribution in [2.45, 2.75) is 39.7 Å². The Morgan fingerprint density at radius 2 is 1.94 bits per heavy atom. The SMILES string of the molecule is Cc1ccc(NC(=O)N2c3ccccc3NC3=C(C(=O)CC(C)(C)C3)C2c2ccco2)c(Cl)c1. The first-order chi connectivity index (χ1) is 16.2. The second-order valence-electron chi connectivity index (χ2n) is 9.68. The molecule has 2 heterocycles. The number of Topliss-reactive ketones (excluding diaryl/α,β-unsaturated/α-hetero) is 1. The van der Waals surface area contributed by atoms with E-state index in [1.807, 2.05) is 37.3 Å². The highest BCUT2D eigenvalue weighted by molar-refractivity contribution is 6.34. The highest BCUT2D eigenvalue weighted by Crippen LogP contribution is 2.48. The maximum absolute atomic E-state index is 13.9. The Morgan fingerprint density at radius 1 is 1.15 bits per heavy atom. The van der Waals surface area contributed by atoms with Gasteiger partial charge in [-0.15, -0.1) is 0 Å². The van der Waals surface area contributed by atoms with Crippen LogP contribution in [0.5, 0.6) is 0 Å². The number of nitrogens with one attached hydrogen (secondary N) is 2. The maximum atomic E-state index is 13.9. The Labute approximate surface area is 203 Å². The average molecular weight is 476 g/mol. The lowest BCUT2D eigenvalue weighted by molar-refractivity contribution is -0.118. The summed E-state index contributed by atoms with van der Waals surface area (Å²) in [5, 5.41) is 6.87. The van der Waals surface area contributed by atoms with Crippen LogP contribution in [0, 0.1) is 12.3 Å². The standard InChI is InChI=1S/C27H26ClN3O3/c1-16-10-11-18(17(28)13-16)30-26(33)31-21-8-5-4-7-19(21)29-20-14-27(2,3)15-22(32)24(20)25(31)23-9-6-12-34-23/h4-13,25,29H,14-15H2,1-3H3,(H,30,33). The number of furan rings is 1. The molecule has 34 heavy (non-hydrogen) atoms. The van der Waals surface area contributed by atoms with Gasteiger partial charge in [0.25, 0.3) is 0 Å². The second kappa shape index (κ2) is 8.37. The van der Waals surface area contributed by atoms with Gasteiger partial charge in [-0.05, 0) is 60.7 Å². The molecule has 2 N–H and O–H groups in total. The summed E-state index contributed by atoms with van der Waals surface area (Å²) in [6, 6.07) is 15.4. The van der Waals surface area contributed by atoms with Gasteiger partial charge in [-0.3, -0.25) is 9.69 Å². The third kappa shape index (κ3) is 3.99. The smallest absolute Gasteiger partial charge is 0.327 e. The quantitative estimate of drug-likeness (QED) is 0.415. The monoisotopic (exact) mass is 475 g/mol. The molecule has 1 atom stereocenters. The molecule has 6 nitrogen and oxygen atoms in total. The van der Waals surface area contributed by atoms with Crippen molar-refractivity contribution < 1.29 is 14.0 Å². The molecule has 1 aliphatic carbocycles. The number of amides is 2. The fourth-order valence-electron chi connectivity index (χ4n) is 4.82. The van der Waals surface area contributed by atoms with Gasteiger partial charge < -0.3 is 15.1 Å². The largest absolute Gasteiger partial charge is 0.467 e. The van der Waals surface area contributed by atoms with Crippen LogP contribution in [0.15, 0.2) is 76.5 Å². The van der Waals surface area contributed by atoms with Crippen LogP contribution in [0.4, 0.5) is 21.9 Å². The van der Waals surface area contributed by atoms with Gasteiger partial charge in [0, 0.05) is 17.7 Å². The van der Waals surface area contributed by atoms with Gasteiger partial charge in [-0.2, -0.15) is 0 Å². The molecular weight excluding hydrogens is 450 g/mol. The predicted octanol–water partition coefficient (Wildman–Crippen LogP) is 7.09. The first kappa shape index (κ1) is 22.3. The van der Waals surface area contributed by atoms with Crippen molar-refractivity contribution in [3.05, 3.63) is 88.5 Å². The van der Waals surface area contributed by atoms with E-state index in [1.54, 1.807) is 35.4 Å². The minimum absolute atomic E-state index is 0.000811. The normalized spacial score (nSPS) is 19.1. The molecule has 0 fully saturated rings. The van der Waals surface area contributed by atoms with Crippen LogP contribution in [0.1, 0.15) is 44.1 Å². The van der Waals surface area contributed by atoms with E-state index in [4.69, 9.17) is 16.0 Å². The molecule has 0 saturated carbocycles. The number of ketones is 1. The Morgan fingerprint density at radius 3 is 2.68 bits per heavy atom. The van der Waals surface area contributed by atoms with Crippen LogP contribution in [-0.2, 0) is 4.79 Å². The molecule has 174 valence electrons. The number of carbonyl (C=O) groups excluding carboxylic acids is 2.